The number of Topliss-reactive ketones (excluding diaryl/α,β-unsaturated/α-hetero) is 1. The van der Waals surface area contributed by atoms with Crippen molar-refractivity contribution in [3.8, 4) is 6.07 Å². The maximum absolute atomic E-state index is 12.7. The molecule has 1 aliphatic rings. The standard InChI is InChI=1S/C19H25N5O2/c1-13(2)21-18(26)12-22(3)11-17(25)14(10-20)19-23(4)15-8-6-7-9-16(15)24(19)5/h6-9,13H,11-12H2,1-5H3,(H,21,26)/p+1. The molecule has 0 radical (unpaired) electrons. The Kier molecular flexibility index (Phi) is 6.01. The summed E-state index contributed by atoms with van der Waals surface area (Å²) >= 11 is 0. The molecule has 1 heterocycles. The number of amides is 1. The van der Waals surface area contributed by atoms with Crippen LogP contribution in [0.25, 0.3) is 0 Å². The van der Waals surface area contributed by atoms with Gasteiger partial charge in [0.25, 0.3) is 5.91 Å². The number of nitrogens with one attached hydrogen (secondary N) is 2. The molecule has 1 atom stereocenters. The van der Waals surface area contributed by atoms with E-state index in [9.17, 15) is 14.9 Å². The van der Waals surface area contributed by atoms with E-state index < -0.39 is 0 Å². The number of nitrogens with zero attached hydrogens (tertiary/aromatic N) is 3. The molecule has 1 aromatic carbocycles. The number of carbonyl (C=O) groups excluding carboxylic acids is 2. The first-order valence-corrected chi connectivity index (χ1v) is 8.61. The summed E-state index contributed by atoms with van der Waals surface area (Å²) in [5, 5.41) is 12.4. The Morgan fingerprint density at radius 3 is 2.15 bits per heavy atom. The molecular weight excluding hydrogens is 330 g/mol. The molecule has 2 N–H and O–H groups in total. The molecule has 0 bridgehead atoms. The van der Waals surface area contributed by atoms with Crippen molar-refractivity contribution in [2.45, 2.75) is 19.9 Å². The number of para-hydroxylation sites is 2. The third kappa shape index (κ3) is 4.03. The van der Waals surface area contributed by atoms with Crippen molar-refractivity contribution in [2.24, 2.45) is 0 Å². The van der Waals surface area contributed by atoms with Gasteiger partial charge in [0.15, 0.2) is 6.54 Å². The first-order chi connectivity index (χ1) is 12.3. The van der Waals surface area contributed by atoms with E-state index in [0.717, 1.165) is 16.3 Å². The Bertz CT molecular complexity index is 747. The highest BCUT2D eigenvalue weighted by Crippen LogP contribution is 2.40. The molecule has 0 aliphatic carbocycles. The molecule has 0 aromatic heterocycles. The number of ketones is 1. The van der Waals surface area contributed by atoms with Crippen LogP contribution in [0.4, 0.5) is 11.4 Å². The van der Waals surface area contributed by atoms with Crippen LogP contribution in [0.5, 0.6) is 0 Å². The number of hydrogen-bond acceptors (Lipinski definition) is 5. The van der Waals surface area contributed by atoms with E-state index in [2.05, 4.69) is 11.4 Å². The van der Waals surface area contributed by atoms with Crippen molar-refractivity contribution in [3.05, 3.63) is 35.7 Å². The summed E-state index contributed by atoms with van der Waals surface area (Å²) in [6.45, 7) is 4.04. The third-order valence-corrected chi connectivity index (χ3v) is 4.23. The number of nitriles is 1. The molecule has 0 fully saturated rings. The summed E-state index contributed by atoms with van der Waals surface area (Å²) in [6.07, 6.45) is 0. The minimum Gasteiger partial charge on any atom is -0.349 e. The lowest BCUT2D eigenvalue weighted by Crippen LogP contribution is -3.11. The number of fused-ring (bicyclic) bond motifs is 1. The lowest BCUT2D eigenvalue weighted by molar-refractivity contribution is -0.862. The summed E-state index contributed by atoms with van der Waals surface area (Å²) in [7, 11) is 5.46. The van der Waals surface area contributed by atoms with Crippen LogP contribution in [0.15, 0.2) is 35.7 Å². The largest absolute Gasteiger partial charge is 0.349 e. The van der Waals surface area contributed by atoms with Gasteiger partial charge >= 0.3 is 0 Å². The molecule has 1 aliphatic heterocycles. The van der Waals surface area contributed by atoms with E-state index >= 15 is 0 Å². The second-order valence-corrected chi connectivity index (χ2v) is 6.87. The molecule has 7 nitrogen and oxygen atoms in total. The van der Waals surface area contributed by atoms with E-state index in [1.807, 2.05) is 62.0 Å². The van der Waals surface area contributed by atoms with Gasteiger partial charge in [0.1, 0.15) is 24.0 Å². The van der Waals surface area contributed by atoms with E-state index in [4.69, 9.17) is 0 Å². The molecule has 138 valence electrons. The second-order valence-electron chi connectivity index (χ2n) is 6.87. The Labute approximate surface area is 154 Å². The normalized spacial score (nSPS) is 14.1. The zero-order valence-electron chi connectivity index (χ0n) is 16.0. The van der Waals surface area contributed by atoms with Crippen molar-refractivity contribution < 1.29 is 14.5 Å². The summed E-state index contributed by atoms with van der Waals surface area (Å²) in [5.74, 6) is 0.181. The highest BCUT2D eigenvalue weighted by atomic mass is 16.2. The monoisotopic (exact) mass is 356 g/mol. The molecule has 2 rings (SSSR count). The Morgan fingerprint density at radius 2 is 1.69 bits per heavy atom. The quantitative estimate of drug-likeness (QED) is 0.550. The van der Waals surface area contributed by atoms with Crippen molar-refractivity contribution in [1.29, 1.82) is 5.26 Å². The number of quaternary nitrogens is 1. The number of likely N-dealkylation sites (N-methyl/N-ethyl adjacent to an activating group) is 1. The highest BCUT2D eigenvalue weighted by molar-refractivity contribution is 6.03. The Morgan fingerprint density at radius 1 is 1.15 bits per heavy atom. The summed E-state index contributed by atoms with van der Waals surface area (Å²) < 4.78 is 0. The molecule has 0 saturated heterocycles. The molecule has 0 saturated carbocycles. The predicted molar refractivity (Wildman–Crippen MR) is 101 cm³/mol. The van der Waals surface area contributed by atoms with Gasteiger partial charge in [-0.15, -0.1) is 0 Å². The van der Waals surface area contributed by atoms with Gasteiger partial charge in [0, 0.05) is 20.1 Å². The molecule has 26 heavy (non-hydrogen) atoms. The van der Waals surface area contributed by atoms with Gasteiger partial charge in [-0.05, 0) is 26.0 Å². The number of carbonyl (C=O) groups is 2. The van der Waals surface area contributed by atoms with Gasteiger partial charge in [-0.2, -0.15) is 5.26 Å². The van der Waals surface area contributed by atoms with Gasteiger partial charge in [0.2, 0.25) is 5.78 Å². The van der Waals surface area contributed by atoms with Gasteiger partial charge in [-0.3, -0.25) is 9.59 Å². The summed E-state index contributed by atoms with van der Waals surface area (Å²) in [4.78, 5) is 29.0. The number of benzene rings is 1. The number of rotatable bonds is 6. The molecule has 1 unspecified atom stereocenters. The van der Waals surface area contributed by atoms with Crippen LogP contribution in [0, 0.1) is 11.3 Å². The first kappa shape index (κ1) is 19.5. The van der Waals surface area contributed by atoms with Crippen LogP contribution in [0.2, 0.25) is 0 Å². The van der Waals surface area contributed by atoms with Crippen LogP contribution >= 0.6 is 0 Å². The topological polar surface area (TPSA) is 80.9 Å². The van der Waals surface area contributed by atoms with Crippen LogP contribution < -0.4 is 20.0 Å². The molecule has 0 spiro atoms. The zero-order chi connectivity index (χ0) is 19.4. The minimum atomic E-state index is -0.274. The fourth-order valence-corrected chi connectivity index (χ4v) is 3.13. The third-order valence-electron chi connectivity index (χ3n) is 4.23. The summed E-state index contributed by atoms with van der Waals surface area (Å²) in [5.41, 5.74) is 2.00. The van der Waals surface area contributed by atoms with E-state index in [0.29, 0.717) is 5.82 Å². The fourth-order valence-electron chi connectivity index (χ4n) is 3.13. The van der Waals surface area contributed by atoms with Gasteiger partial charge in [-0.25, -0.2) is 0 Å². The summed E-state index contributed by atoms with van der Waals surface area (Å²) in [6, 6.07) is 9.87. The van der Waals surface area contributed by atoms with Crippen molar-refractivity contribution >= 4 is 23.1 Å². The SMILES string of the molecule is CC(C)NC(=O)C[NH+](C)CC(=O)C(C#N)=C1N(C)c2ccccc2N1C. The lowest BCUT2D eigenvalue weighted by Gasteiger charge is -2.20. The van der Waals surface area contributed by atoms with Crippen LogP contribution in [0.3, 0.4) is 0 Å². The maximum atomic E-state index is 12.7. The van der Waals surface area contributed by atoms with Crippen LogP contribution in [-0.2, 0) is 9.59 Å². The molecule has 1 amide bonds. The average Bonchev–Trinajstić information content (AvgIpc) is 2.80. The Hall–Kier alpha value is -2.85. The van der Waals surface area contributed by atoms with E-state index in [1.165, 1.54) is 0 Å². The predicted octanol–water partition coefficient (Wildman–Crippen LogP) is -0.0838. The second kappa shape index (κ2) is 8.02. The zero-order valence-corrected chi connectivity index (χ0v) is 16.0. The number of hydrogen-bond donors (Lipinski definition) is 2. The molecular formula is C19H26N5O2+. The Balaban J connectivity index is 2.18. The van der Waals surface area contributed by atoms with E-state index in [-0.39, 0.29) is 36.4 Å². The minimum absolute atomic E-state index is 0.0575. The molecule has 7 heteroatoms. The van der Waals surface area contributed by atoms with Gasteiger partial charge in [0.05, 0.1) is 18.4 Å². The fraction of sp³-hybridized carbons (Fsp3) is 0.421. The van der Waals surface area contributed by atoms with Crippen LogP contribution in [0.1, 0.15) is 13.8 Å². The molecule has 1 aromatic rings. The first-order valence-electron chi connectivity index (χ1n) is 8.61. The van der Waals surface area contributed by atoms with E-state index in [1.54, 1.807) is 7.05 Å². The van der Waals surface area contributed by atoms with Crippen molar-refractivity contribution in [3.63, 3.8) is 0 Å². The average molecular weight is 356 g/mol. The van der Waals surface area contributed by atoms with Crippen LogP contribution in [-0.4, -0.2) is 52.0 Å². The lowest BCUT2D eigenvalue weighted by atomic mass is 10.1. The smallest absolute Gasteiger partial charge is 0.275 e. The maximum Gasteiger partial charge on any atom is 0.275 e. The van der Waals surface area contributed by atoms with Crippen molar-refractivity contribution in [1.82, 2.24) is 5.32 Å². The van der Waals surface area contributed by atoms with Gasteiger partial charge < -0.3 is 20.0 Å². The van der Waals surface area contributed by atoms with Crippen molar-refractivity contribution in [2.75, 3.05) is 44.0 Å². The highest BCUT2D eigenvalue weighted by Gasteiger charge is 2.32. The number of anilines is 2. The van der Waals surface area contributed by atoms with Gasteiger partial charge in [-0.1, -0.05) is 12.1 Å².